The molecule has 33 heavy (non-hydrogen) atoms. The average molecular weight is 542 g/mol. The molecule has 0 aliphatic heterocycles. The highest BCUT2D eigenvalue weighted by atomic mass is 79.9. The van der Waals surface area contributed by atoms with Crippen molar-refractivity contribution in [3.05, 3.63) is 86.3 Å². The van der Waals surface area contributed by atoms with E-state index in [1.165, 1.54) is 5.56 Å². The van der Waals surface area contributed by atoms with E-state index in [0.717, 1.165) is 37.8 Å². The number of hydrogen-bond donors (Lipinski definition) is 2. The highest BCUT2D eigenvalue weighted by Crippen LogP contribution is 2.40. The summed E-state index contributed by atoms with van der Waals surface area (Å²) < 4.78 is 2.67. The van der Waals surface area contributed by atoms with E-state index in [4.69, 9.17) is 23.8 Å². The van der Waals surface area contributed by atoms with Gasteiger partial charge in [-0.05, 0) is 80.0 Å². The van der Waals surface area contributed by atoms with Crippen molar-refractivity contribution in [3.63, 3.8) is 0 Å². The Morgan fingerprint density at radius 3 is 2.39 bits per heavy atom. The predicted molar refractivity (Wildman–Crippen MR) is 143 cm³/mol. The fourth-order valence-corrected chi connectivity index (χ4v) is 4.56. The third-order valence-corrected chi connectivity index (χ3v) is 6.30. The van der Waals surface area contributed by atoms with Crippen molar-refractivity contribution in [2.24, 2.45) is 10.2 Å². The van der Waals surface area contributed by atoms with Crippen LogP contribution in [0.25, 0.3) is 10.9 Å². The number of hydrogen-bond acceptors (Lipinski definition) is 3. The van der Waals surface area contributed by atoms with E-state index in [9.17, 15) is 5.11 Å². The molecule has 0 saturated heterocycles. The minimum absolute atomic E-state index is 0.0206. The van der Waals surface area contributed by atoms with Crippen molar-refractivity contribution in [1.82, 2.24) is 4.57 Å². The quantitative estimate of drug-likeness (QED) is 0.202. The largest absolute Gasteiger partial charge is 0.493 e. The number of aryl methyl sites for hydroxylation is 3. The number of azo groups is 1. The molecular weight excluding hydrogens is 520 g/mol. The van der Waals surface area contributed by atoms with Crippen LogP contribution in [-0.2, 0) is 6.54 Å². The van der Waals surface area contributed by atoms with E-state index in [-0.39, 0.29) is 11.0 Å². The molecule has 0 saturated carbocycles. The van der Waals surface area contributed by atoms with Gasteiger partial charge in [-0.15, -0.1) is 10.2 Å². The number of aromatic hydroxyl groups is 1. The molecule has 0 aliphatic rings. The summed E-state index contributed by atoms with van der Waals surface area (Å²) >= 11 is 14.9. The molecule has 4 rings (SSSR count). The molecule has 1 heterocycles. The van der Waals surface area contributed by atoms with Crippen molar-refractivity contribution >= 4 is 67.1 Å². The molecule has 0 unspecified atom stereocenters. The first-order chi connectivity index (χ1) is 15.7. The number of thiocarbonyl (C=S) groups is 1. The van der Waals surface area contributed by atoms with Gasteiger partial charge >= 0.3 is 0 Å². The molecule has 5 nitrogen and oxygen atoms in total. The van der Waals surface area contributed by atoms with Crippen LogP contribution in [0, 0.1) is 20.8 Å². The van der Waals surface area contributed by atoms with E-state index in [2.05, 4.69) is 50.5 Å². The van der Waals surface area contributed by atoms with Gasteiger partial charge < -0.3 is 15.0 Å². The van der Waals surface area contributed by atoms with Crippen molar-refractivity contribution < 1.29 is 5.11 Å². The summed E-state index contributed by atoms with van der Waals surface area (Å²) in [6.07, 6.45) is 0. The minimum Gasteiger partial charge on any atom is -0.493 e. The molecule has 8 heteroatoms. The highest BCUT2D eigenvalue weighted by Gasteiger charge is 2.18. The van der Waals surface area contributed by atoms with Gasteiger partial charge in [0, 0.05) is 20.6 Å². The molecular formula is C25H22BrClN4OS. The fourth-order valence-electron chi connectivity index (χ4n) is 3.93. The van der Waals surface area contributed by atoms with Crippen LogP contribution in [0.15, 0.2) is 69.3 Å². The molecule has 3 aromatic carbocycles. The summed E-state index contributed by atoms with van der Waals surface area (Å²) in [5.41, 5.74) is 6.47. The summed E-state index contributed by atoms with van der Waals surface area (Å²) in [4.78, 5) is 0. The molecule has 0 fully saturated rings. The van der Waals surface area contributed by atoms with Crippen LogP contribution in [0.3, 0.4) is 0 Å². The van der Waals surface area contributed by atoms with Gasteiger partial charge in [-0.25, -0.2) is 0 Å². The summed E-state index contributed by atoms with van der Waals surface area (Å²) in [7, 11) is 0. The predicted octanol–water partition coefficient (Wildman–Crippen LogP) is 8.22. The molecule has 2 N–H and O–H groups in total. The second kappa shape index (κ2) is 9.63. The normalized spacial score (nSPS) is 11.4. The van der Waals surface area contributed by atoms with Gasteiger partial charge in [0.25, 0.3) is 0 Å². The third kappa shape index (κ3) is 5.11. The number of anilines is 1. The lowest BCUT2D eigenvalue weighted by Crippen LogP contribution is -2.08. The topological polar surface area (TPSA) is 61.9 Å². The van der Waals surface area contributed by atoms with Crippen LogP contribution >= 0.6 is 39.7 Å². The Morgan fingerprint density at radius 2 is 1.73 bits per heavy atom. The molecule has 0 spiro atoms. The first-order valence-electron chi connectivity index (χ1n) is 10.3. The van der Waals surface area contributed by atoms with Crippen LogP contribution < -0.4 is 5.32 Å². The van der Waals surface area contributed by atoms with Crippen LogP contribution in [0.5, 0.6) is 5.88 Å². The lowest BCUT2D eigenvalue weighted by Gasteiger charge is -2.12. The molecule has 0 radical (unpaired) electrons. The Bertz CT molecular complexity index is 1370. The first-order valence-corrected chi connectivity index (χ1v) is 11.9. The number of aromatic nitrogens is 1. The third-order valence-electron chi connectivity index (χ3n) is 5.38. The maximum absolute atomic E-state index is 11.0. The summed E-state index contributed by atoms with van der Waals surface area (Å²) in [6, 6.07) is 17.5. The average Bonchev–Trinajstić information content (AvgIpc) is 3.01. The van der Waals surface area contributed by atoms with E-state index >= 15 is 0 Å². The zero-order chi connectivity index (χ0) is 23.7. The van der Waals surface area contributed by atoms with Gasteiger partial charge in [0.15, 0.2) is 5.69 Å². The van der Waals surface area contributed by atoms with E-state index in [0.29, 0.717) is 17.3 Å². The van der Waals surface area contributed by atoms with Gasteiger partial charge in [-0.1, -0.05) is 57.4 Å². The smallest absolute Gasteiger partial charge is 0.221 e. The van der Waals surface area contributed by atoms with Gasteiger partial charge in [0.1, 0.15) is 0 Å². The van der Waals surface area contributed by atoms with Gasteiger partial charge in [-0.3, -0.25) is 0 Å². The number of fused-ring (bicyclic) bond motifs is 1. The van der Waals surface area contributed by atoms with Crippen molar-refractivity contribution in [3.8, 4) is 5.88 Å². The Kier molecular flexibility index (Phi) is 6.83. The monoisotopic (exact) mass is 540 g/mol. The van der Waals surface area contributed by atoms with E-state index in [1.54, 1.807) is 4.57 Å². The lowest BCUT2D eigenvalue weighted by atomic mass is 10.1. The van der Waals surface area contributed by atoms with Crippen LogP contribution in [0.1, 0.15) is 22.3 Å². The van der Waals surface area contributed by atoms with Crippen molar-refractivity contribution in [2.75, 3.05) is 5.32 Å². The van der Waals surface area contributed by atoms with Crippen LogP contribution in [0.4, 0.5) is 11.4 Å². The Labute approximate surface area is 211 Å². The second-order valence-corrected chi connectivity index (χ2v) is 9.69. The number of nitrogens with zero attached hydrogens (tertiary/aromatic N) is 3. The maximum Gasteiger partial charge on any atom is 0.221 e. The lowest BCUT2D eigenvalue weighted by molar-refractivity contribution is 0.429. The standard InChI is InChI=1S/C25H22BrClN4OS/c1-14-10-15(2)22(16(3)11-14)28-25(33)30-29-23-20-12-18(26)6-9-21(20)31(24(23)32)13-17-4-7-19(27)8-5-17/h4-12,32H,13H2,1-3H3,(H,28,33). The molecule has 1 aromatic heterocycles. The molecule has 0 bridgehead atoms. The van der Waals surface area contributed by atoms with E-state index < -0.39 is 0 Å². The highest BCUT2D eigenvalue weighted by molar-refractivity contribution is 9.10. The molecule has 0 amide bonds. The number of halogens is 2. The minimum atomic E-state index is 0.0206. The number of rotatable bonds is 4. The summed E-state index contributed by atoms with van der Waals surface area (Å²) in [5, 5.41) is 24.4. The molecule has 0 atom stereocenters. The molecule has 4 aromatic rings. The molecule has 0 aliphatic carbocycles. The van der Waals surface area contributed by atoms with Crippen LogP contribution in [-0.4, -0.2) is 14.8 Å². The Morgan fingerprint density at radius 1 is 1.06 bits per heavy atom. The first kappa shape index (κ1) is 23.4. The van der Waals surface area contributed by atoms with Crippen molar-refractivity contribution in [2.45, 2.75) is 27.3 Å². The van der Waals surface area contributed by atoms with Gasteiger partial charge in [-0.2, -0.15) is 0 Å². The zero-order valence-electron chi connectivity index (χ0n) is 18.4. The van der Waals surface area contributed by atoms with Gasteiger partial charge in [0.2, 0.25) is 11.0 Å². The zero-order valence-corrected chi connectivity index (χ0v) is 21.5. The van der Waals surface area contributed by atoms with Crippen molar-refractivity contribution in [1.29, 1.82) is 0 Å². The molecule has 168 valence electrons. The SMILES string of the molecule is Cc1cc(C)c(NC(=S)N=Nc2c(O)n(Cc3ccc(Cl)cc3)c3ccc(Br)cc23)c(C)c1. The number of benzene rings is 3. The Balaban J connectivity index is 1.68. The van der Waals surface area contributed by atoms with Gasteiger partial charge in [0.05, 0.1) is 12.1 Å². The van der Waals surface area contributed by atoms with Crippen LogP contribution in [0.2, 0.25) is 5.02 Å². The maximum atomic E-state index is 11.0. The second-order valence-electron chi connectivity index (χ2n) is 7.95. The number of nitrogens with one attached hydrogen (secondary N) is 1. The summed E-state index contributed by atoms with van der Waals surface area (Å²) in [6.45, 7) is 6.56. The summed E-state index contributed by atoms with van der Waals surface area (Å²) in [5.74, 6) is 0.0206. The Hall–Kier alpha value is -2.74. The van der Waals surface area contributed by atoms with E-state index in [1.807, 2.05) is 56.3 Å². The fraction of sp³-hybridized carbons (Fsp3) is 0.160.